The Bertz CT molecular complexity index is 1160. The summed E-state index contributed by atoms with van der Waals surface area (Å²) in [6.07, 6.45) is 2.93. The van der Waals surface area contributed by atoms with Crippen LogP contribution in [0.1, 0.15) is 90.0 Å². The number of unbranched alkanes of at least 4 members (excludes halogenated alkanes) is 3. The van der Waals surface area contributed by atoms with Crippen LogP contribution in [0.4, 0.5) is 10.5 Å². The molecule has 2 aromatic carbocycles. The fourth-order valence-corrected chi connectivity index (χ4v) is 4.44. The van der Waals surface area contributed by atoms with Gasteiger partial charge in [0, 0.05) is 12.2 Å². The molecule has 0 aliphatic carbocycles. The van der Waals surface area contributed by atoms with Gasteiger partial charge in [0.25, 0.3) is 5.91 Å². The number of hydrogen-bond donors (Lipinski definition) is 3. The molecule has 40 heavy (non-hydrogen) atoms. The van der Waals surface area contributed by atoms with E-state index in [1.165, 1.54) is 6.07 Å². The van der Waals surface area contributed by atoms with Crippen molar-refractivity contribution in [3.63, 3.8) is 0 Å². The molecule has 0 fully saturated rings. The molecule has 220 valence electrons. The Kier molecular flexibility index (Phi) is 12.0. The number of carbonyl (C=O) groups is 3. The van der Waals surface area contributed by atoms with Gasteiger partial charge in [0.2, 0.25) is 5.91 Å². The molecule has 2 unspecified atom stereocenters. The average molecular weight is 554 g/mol. The van der Waals surface area contributed by atoms with Crippen molar-refractivity contribution in [1.82, 2.24) is 10.2 Å². The Hall–Kier alpha value is -3.55. The number of para-hydroxylation sites is 1. The zero-order valence-corrected chi connectivity index (χ0v) is 25.3. The largest absolute Gasteiger partial charge is 0.508 e. The molecule has 0 heterocycles. The van der Waals surface area contributed by atoms with Gasteiger partial charge in [-0.2, -0.15) is 0 Å². The van der Waals surface area contributed by atoms with E-state index in [1.807, 2.05) is 45.0 Å². The summed E-state index contributed by atoms with van der Waals surface area (Å²) >= 11 is 0. The molecule has 0 spiro atoms. The van der Waals surface area contributed by atoms with Gasteiger partial charge in [-0.05, 0) is 81.8 Å². The summed E-state index contributed by atoms with van der Waals surface area (Å²) in [5.41, 5.74) is 1.98. The number of phenols is 1. The van der Waals surface area contributed by atoms with Gasteiger partial charge in [-0.1, -0.05) is 64.3 Å². The number of nitrogens with zero attached hydrogens (tertiary/aromatic N) is 1. The number of rotatable bonds is 12. The molecule has 0 saturated carbocycles. The summed E-state index contributed by atoms with van der Waals surface area (Å²) in [6.45, 7) is 15.1. The third-order valence-corrected chi connectivity index (χ3v) is 6.64. The minimum atomic E-state index is -0.991. The second-order valence-corrected chi connectivity index (χ2v) is 11.7. The molecule has 0 aromatic heterocycles. The lowest BCUT2D eigenvalue weighted by Crippen LogP contribution is -2.54. The minimum absolute atomic E-state index is 0.106. The van der Waals surface area contributed by atoms with Gasteiger partial charge >= 0.3 is 6.09 Å². The van der Waals surface area contributed by atoms with Crippen LogP contribution in [0.5, 0.6) is 5.75 Å². The van der Waals surface area contributed by atoms with Crippen molar-refractivity contribution in [2.24, 2.45) is 5.92 Å². The monoisotopic (exact) mass is 553 g/mol. The van der Waals surface area contributed by atoms with Gasteiger partial charge < -0.3 is 25.4 Å². The molecule has 3 amide bonds. The Morgan fingerprint density at radius 1 is 0.975 bits per heavy atom. The first-order valence-electron chi connectivity index (χ1n) is 14.2. The Labute approximate surface area is 239 Å². The molecule has 8 heteroatoms. The number of nitrogens with one attached hydrogen (secondary N) is 2. The van der Waals surface area contributed by atoms with Crippen LogP contribution in [0.3, 0.4) is 0 Å². The van der Waals surface area contributed by atoms with Gasteiger partial charge in [0.05, 0.1) is 0 Å². The molecule has 0 saturated heterocycles. The van der Waals surface area contributed by atoms with Gasteiger partial charge in [-0.15, -0.1) is 0 Å². The van der Waals surface area contributed by atoms with E-state index in [9.17, 15) is 19.5 Å². The van der Waals surface area contributed by atoms with Crippen molar-refractivity contribution < 1.29 is 24.2 Å². The number of hydrogen-bond acceptors (Lipinski definition) is 5. The van der Waals surface area contributed by atoms with E-state index in [2.05, 4.69) is 17.6 Å². The van der Waals surface area contributed by atoms with E-state index in [0.29, 0.717) is 29.8 Å². The second kappa shape index (κ2) is 14.7. The van der Waals surface area contributed by atoms with Crippen molar-refractivity contribution in [3.05, 3.63) is 59.2 Å². The van der Waals surface area contributed by atoms with Crippen LogP contribution in [0.25, 0.3) is 0 Å². The zero-order chi connectivity index (χ0) is 30.0. The second-order valence-electron chi connectivity index (χ2n) is 11.7. The van der Waals surface area contributed by atoms with Crippen LogP contribution < -0.4 is 10.6 Å². The van der Waals surface area contributed by atoms with E-state index < -0.39 is 23.8 Å². The fraction of sp³-hybridized carbons (Fsp3) is 0.531. The normalized spacial score (nSPS) is 12.9. The average Bonchev–Trinajstić information content (AvgIpc) is 2.86. The molecule has 0 aliphatic rings. The molecule has 0 aliphatic heterocycles. The highest BCUT2D eigenvalue weighted by atomic mass is 16.6. The molecule has 2 aromatic rings. The third kappa shape index (κ3) is 9.57. The Balaban J connectivity index is 2.57. The zero-order valence-electron chi connectivity index (χ0n) is 25.3. The topological polar surface area (TPSA) is 108 Å². The number of aryl methyl sites for hydroxylation is 2. The number of aromatic hydroxyl groups is 1. The first kappa shape index (κ1) is 32.7. The van der Waals surface area contributed by atoms with Crippen molar-refractivity contribution >= 4 is 23.6 Å². The van der Waals surface area contributed by atoms with Gasteiger partial charge in [0.15, 0.2) is 0 Å². The van der Waals surface area contributed by atoms with Gasteiger partial charge in [-0.3, -0.25) is 9.59 Å². The van der Waals surface area contributed by atoms with Crippen molar-refractivity contribution in [2.45, 2.75) is 98.8 Å². The number of alkyl carbamates (subject to hydrolysis) is 1. The van der Waals surface area contributed by atoms with E-state index in [1.54, 1.807) is 44.7 Å². The van der Waals surface area contributed by atoms with Crippen molar-refractivity contribution in [3.8, 4) is 5.75 Å². The summed E-state index contributed by atoms with van der Waals surface area (Å²) in [7, 11) is 0. The first-order chi connectivity index (χ1) is 18.7. The van der Waals surface area contributed by atoms with Crippen molar-refractivity contribution in [1.29, 1.82) is 0 Å². The maximum atomic E-state index is 14.3. The number of benzene rings is 2. The quantitative estimate of drug-likeness (QED) is 0.255. The highest BCUT2D eigenvalue weighted by Crippen LogP contribution is 2.30. The predicted octanol–water partition coefficient (Wildman–Crippen LogP) is 6.65. The summed E-state index contributed by atoms with van der Waals surface area (Å²) < 4.78 is 5.45. The summed E-state index contributed by atoms with van der Waals surface area (Å²) in [5, 5.41) is 16.0. The maximum Gasteiger partial charge on any atom is 0.408 e. The number of amides is 3. The molecule has 8 nitrogen and oxygen atoms in total. The summed E-state index contributed by atoms with van der Waals surface area (Å²) in [4.78, 5) is 42.6. The number of phenolic OH excluding ortho intramolecular Hbond substituents is 1. The molecular weight excluding hydrogens is 506 g/mol. The molecule has 2 atom stereocenters. The molecule has 0 bridgehead atoms. The maximum absolute atomic E-state index is 14.3. The lowest BCUT2D eigenvalue weighted by molar-refractivity contribution is -0.141. The standard InChI is InChI=1S/C32H47N3O5/c1-9-10-11-14-19-35(30(38)27(21(2)3)34-31(39)40-32(6,7)8)28(24-17-18-26(36)23(5)20-24)29(37)33-25-16-13-12-15-22(25)4/h12-13,15-18,20-21,27-28,36H,9-11,14,19H2,1-8H3,(H,33,37)(H,34,39). The molecular formula is C32H47N3O5. The fourth-order valence-electron chi connectivity index (χ4n) is 4.44. The smallest absolute Gasteiger partial charge is 0.408 e. The van der Waals surface area contributed by atoms with Crippen LogP contribution in [-0.4, -0.2) is 46.1 Å². The van der Waals surface area contributed by atoms with Crippen LogP contribution >= 0.6 is 0 Å². The molecule has 3 N–H and O–H groups in total. The number of carbonyl (C=O) groups excluding carboxylic acids is 3. The van der Waals surface area contributed by atoms with Crippen LogP contribution in [0.2, 0.25) is 0 Å². The summed E-state index contributed by atoms with van der Waals surface area (Å²) in [6, 6.07) is 10.5. The number of anilines is 1. The van der Waals surface area contributed by atoms with E-state index >= 15 is 0 Å². The predicted molar refractivity (Wildman–Crippen MR) is 159 cm³/mol. The highest BCUT2D eigenvalue weighted by Gasteiger charge is 2.37. The van der Waals surface area contributed by atoms with Gasteiger partial charge in [-0.25, -0.2) is 4.79 Å². The molecule has 2 rings (SSSR count). The SMILES string of the molecule is CCCCCCN(C(=O)C(NC(=O)OC(C)(C)C)C(C)C)C(C(=O)Nc1ccccc1C)c1ccc(O)c(C)c1. The van der Waals surface area contributed by atoms with Crippen LogP contribution in [-0.2, 0) is 14.3 Å². The van der Waals surface area contributed by atoms with E-state index in [-0.39, 0.29) is 23.5 Å². The molecule has 0 radical (unpaired) electrons. The Morgan fingerprint density at radius 2 is 1.65 bits per heavy atom. The minimum Gasteiger partial charge on any atom is -0.508 e. The third-order valence-electron chi connectivity index (χ3n) is 6.64. The highest BCUT2D eigenvalue weighted by molar-refractivity contribution is 5.99. The van der Waals surface area contributed by atoms with Gasteiger partial charge in [0.1, 0.15) is 23.4 Å². The summed E-state index contributed by atoms with van der Waals surface area (Å²) in [5.74, 6) is -0.898. The van der Waals surface area contributed by atoms with Crippen LogP contribution in [0.15, 0.2) is 42.5 Å². The van der Waals surface area contributed by atoms with E-state index in [4.69, 9.17) is 4.74 Å². The van der Waals surface area contributed by atoms with Crippen LogP contribution in [0, 0.1) is 19.8 Å². The number of ether oxygens (including phenoxy) is 1. The van der Waals surface area contributed by atoms with Crippen molar-refractivity contribution in [2.75, 3.05) is 11.9 Å². The Morgan fingerprint density at radius 3 is 2.23 bits per heavy atom. The van der Waals surface area contributed by atoms with E-state index in [0.717, 1.165) is 24.8 Å². The lowest BCUT2D eigenvalue weighted by Gasteiger charge is -2.36. The lowest BCUT2D eigenvalue weighted by atomic mass is 9.97. The first-order valence-corrected chi connectivity index (χ1v) is 14.2.